The number of anilines is 2. The van der Waals surface area contributed by atoms with E-state index >= 15 is 0 Å². The van der Waals surface area contributed by atoms with Gasteiger partial charge in [0.05, 0.1) is 16.8 Å². The molecule has 1 saturated heterocycles. The standard InChI is InChI=1S/C28H21FN4O2/c1-3-18-6-10-21(11-7-18)31-28(35)23-16-19(4-2)8-13-25(23)32-27(34)22-12-9-20(17-24(22)29)26(30)33-14-5-15-33/h1-2,6-13,16-17,30H,5,14-15H2,(H,31,35)(H,32,34). The summed E-state index contributed by atoms with van der Waals surface area (Å²) >= 11 is 0. The number of amidine groups is 1. The Morgan fingerprint density at radius 1 is 0.857 bits per heavy atom. The minimum absolute atomic E-state index is 0.117. The average molecular weight is 465 g/mol. The minimum Gasteiger partial charge on any atom is -0.356 e. The van der Waals surface area contributed by atoms with E-state index in [-0.39, 0.29) is 22.6 Å². The molecule has 6 nitrogen and oxygen atoms in total. The summed E-state index contributed by atoms with van der Waals surface area (Å²) in [7, 11) is 0. The smallest absolute Gasteiger partial charge is 0.258 e. The van der Waals surface area contributed by atoms with Gasteiger partial charge in [0.1, 0.15) is 11.7 Å². The molecule has 0 bridgehead atoms. The van der Waals surface area contributed by atoms with Crippen LogP contribution in [0.15, 0.2) is 60.7 Å². The Hall–Kier alpha value is -4.88. The minimum atomic E-state index is -0.759. The number of carbonyl (C=O) groups excluding carboxylic acids is 2. The summed E-state index contributed by atoms with van der Waals surface area (Å²) < 4.78 is 14.8. The summed E-state index contributed by atoms with van der Waals surface area (Å²) in [4.78, 5) is 27.7. The monoisotopic (exact) mass is 464 g/mol. The highest BCUT2D eigenvalue weighted by Gasteiger charge is 2.21. The topological polar surface area (TPSA) is 85.3 Å². The van der Waals surface area contributed by atoms with Crippen molar-refractivity contribution >= 4 is 29.0 Å². The third-order valence-corrected chi connectivity index (χ3v) is 5.65. The van der Waals surface area contributed by atoms with Gasteiger partial charge in [-0.3, -0.25) is 15.0 Å². The first-order chi connectivity index (χ1) is 16.9. The van der Waals surface area contributed by atoms with Gasteiger partial charge in [0, 0.05) is 35.5 Å². The summed E-state index contributed by atoms with van der Waals surface area (Å²) in [5.74, 6) is 3.18. The number of hydrogen-bond acceptors (Lipinski definition) is 3. The molecule has 1 fully saturated rings. The van der Waals surface area contributed by atoms with Gasteiger partial charge in [0.2, 0.25) is 0 Å². The van der Waals surface area contributed by atoms with Crippen LogP contribution in [-0.2, 0) is 0 Å². The van der Waals surface area contributed by atoms with Crippen LogP contribution < -0.4 is 10.6 Å². The Morgan fingerprint density at radius 2 is 1.51 bits per heavy atom. The summed E-state index contributed by atoms with van der Waals surface area (Å²) in [6.45, 7) is 1.52. The largest absolute Gasteiger partial charge is 0.356 e. The van der Waals surface area contributed by atoms with E-state index in [0.717, 1.165) is 19.5 Å². The van der Waals surface area contributed by atoms with Crippen molar-refractivity contribution in [2.45, 2.75) is 6.42 Å². The second-order valence-corrected chi connectivity index (χ2v) is 7.92. The average Bonchev–Trinajstić information content (AvgIpc) is 2.83. The fraction of sp³-hybridized carbons (Fsp3) is 0.107. The third-order valence-electron chi connectivity index (χ3n) is 5.65. The molecule has 3 N–H and O–H groups in total. The van der Waals surface area contributed by atoms with Crippen LogP contribution in [0.1, 0.15) is 43.8 Å². The molecule has 0 unspecified atom stereocenters. The van der Waals surface area contributed by atoms with E-state index in [1.54, 1.807) is 30.3 Å². The molecule has 1 aliphatic heterocycles. The van der Waals surface area contributed by atoms with Crippen molar-refractivity contribution in [3.63, 3.8) is 0 Å². The molecule has 0 radical (unpaired) electrons. The first-order valence-electron chi connectivity index (χ1n) is 10.8. The number of nitrogens with zero attached hydrogens (tertiary/aromatic N) is 1. The molecule has 0 spiro atoms. The molecule has 0 atom stereocenters. The number of halogens is 1. The molecule has 4 rings (SSSR count). The van der Waals surface area contributed by atoms with Gasteiger partial charge < -0.3 is 15.5 Å². The quantitative estimate of drug-likeness (QED) is 0.299. The summed E-state index contributed by atoms with van der Waals surface area (Å²) in [5, 5.41) is 13.5. The zero-order valence-electron chi connectivity index (χ0n) is 18.7. The molecule has 1 heterocycles. The Balaban J connectivity index is 1.56. The lowest BCUT2D eigenvalue weighted by Crippen LogP contribution is -2.42. The molecule has 2 amide bonds. The predicted octanol–water partition coefficient (Wildman–Crippen LogP) is 4.32. The summed E-state index contributed by atoms with van der Waals surface area (Å²) in [6, 6.07) is 15.3. The van der Waals surface area contributed by atoms with Crippen molar-refractivity contribution in [2.75, 3.05) is 23.7 Å². The lowest BCUT2D eigenvalue weighted by molar-refractivity contribution is 0.102. The van der Waals surface area contributed by atoms with Gasteiger partial charge >= 0.3 is 0 Å². The number of rotatable bonds is 5. The number of carbonyl (C=O) groups is 2. The molecule has 0 saturated carbocycles. The van der Waals surface area contributed by atoms with E-state index < -0.39 is 17.6 Å². The van der Waals surface area contributed by atoms with E-state index in [4.69, 9.17) is 18.3 Å². The van der Waals surface area contributed by atoms with Gasteiger partial charge in [-0.2, -0.15) is 0 Å². The number of likely N-dealkylation sites (tertiary alicyclic amines) is 1. The van der Waals surface area contributed by atoms with Crippen LogP contribution in [0, 0.1) is 35.9 Å². The SMILES string of the molecule is C#Cc1ccc(NC(=O)c2cc(C#C)ccc2NC(=O)c2ccc(C(=N)N3CCC3)cc2F)cc1. The number of benzene rings is 3. The lowest BCUT2D eigenvalue weighted by Gasteiger charge is -2.33. The zero-order chi connectivity index (χ0) is 24.9. The Morgan fingerprint density at radius 3 is 2.11 bits per heavy atom. The number of hydrogen-bond donors (Lipinski definition) is 3. The first-order valence-corrected chi connectivity index (χ1v) is 10.8. The normalized spacial score (nSPS) is 12.0. The molecule has 0 aromatic heterocycles. The Bertz CT molecular complexity index is 1410. The molecule has 0 aliphatic carbocycles. The maximum absolute atomic E-state index is 14.8. The second-order valence-electron chi connectivity index (χ2n) is 7.92. The highest BCUT2D eigenvalue weighted by molar-refractivity contribution is 6.13. The molecule has 35 heavy (non-hydrogen) atoms. The van der Waals surface area contributed by atoms with Gasteiger partial charge in [-0.25, -0.2) is 4.39 Å². The molecule has 3 aromatic rings. The fourth-order valence-electron chi connectivity index (χ4n) is 3.54. The number of nitrogens with one attached hydrogen (secondary N) is 3. The van der Waals surface area contributed by atoms with E-state index in [2.05, 4.69) is 22.5 Å². The zero-order valence-corrected chi connectivity index (χ0v) is 18.7. The number of terminal acetylenes is 2. The van der Waals surface area contributed by atoms with E-state index in [9.17, 15) is 14.0 Å². The number of amides is 2. The van der Waals surface area contributed by atoms with Gasteiger partial charge in [0.25, 0.3) is 11.8 Å². The van der Waals surface area contributed by atoms with Crippen molar-refractivity contribution in [3.05, 3.63) is 94.3 Å². The van der Waals surface area contributed by atoms with Crippen molar-refractivity contribution < 1.29 is 14.0 Å². The van der Waals surface area contributed by atoms with Gasteiger partial charge in [-0.15, -0.1) is 12.8 Å². The fourth-order valence-corrected chi connectivity index (χ4v) is 3.54. The molecule has 1 aliphatic rings. The Labute approximate surface area is 202 Å². The van der Waals surface area contributed by atoms with Crippen molar-refractivity contribution in [1.82, 2.24) is 4.90 Å². The summed E-state index contributed by atoms with van der Waals surface area (Å²) in [6.07, 6.45) is 11.8. The van der Waals surface area contributed by atoms with Gasteiger partial charge in [0.15, 0.2) is 0 Å². The molecule has 3 aromatic carbocycles. The highest BCUT2D eigenvalue weighted by atomic mass is 19.1. The van der Waals surface area contributed by atoms with Gasteiger partial charge in [-0.05, 0) is 61.0 Å². The maximum Gasteiger partial charge on any atom is 0.258 e. The van der Waals surface area contributed by atoms with Crippen LogP contribution >= 0.6 is 0 Å². The van der Waals surface area contributed by atoms with Crippen molar-refractivity contribution in [3.8, 4) is 24.7 Å². The van der Waals surface area contributed by atoms with Crippen LogP contribution in [0.5, 0.6) is 0 Å². The van der Waals surface area contributed by atoms with Crippen LogP contribution in [0.2, 0.25) is 0 Å². The lowest BCUT2D eigenvalue weighted by atomic mass is 10.1. The maximum atomic E-state index is 14.8. The molecular weight excluding hydrogens is 443 g/mol. The van der Waals surface area contributed by atoms with E-state index in [0.29, 0.717) is 22.4 Å². The van der Waals surface area contributed by atoms with Crippen molar-refractivity contribution in [2.24, 2.45) is 0 Å². The van der Waals surface area contributed by atoms with E-state index in [1.165, 1.54) is 30.3 Å². The Kier molecular flexibility index (Phi) is 6.62. The van der Waals surface area contributed by atoms with Crippen LogP contribution in [-0.4, -0.2) is 35.6 Å². The van der Waals surface area contributed by atoms with Crippen LogP contribution in [0.4, 0.5) is 15.8 Å². The van der Waals surface area contributed by atoms with E-state index in [1.807, 2.05) is 4.90 Å². The first kappa shape index (κ1) is 23.3. The molecule has 7 heteroatoms. The highest BCUT2D eigenvalue weighted by Crippen LogP contribution is 2.22. The molecular formula is C28H21FN4O2. The molecule has 172 valence electrons. The van der Waals surface area contributed by atoms with Crippen LogP contribution in [0.25, 0.3) is 0 Å². The second kappa shape index (κ2) is 9.94. The third kappa shape index (κ3) is 5.05. The van der Waals surface area contributed by atoms with Gasteiger partial charge in [-0.1, -0.05) is 17.9 Å². The van der Waals surface area contributed by atoms with Crippen molar-refractivity contribution in [1.29, 1.82) is 5.41 Å². The summed E-state index contributed by atoms with van der Waals surface area (Å²) in [5.41, 5.74) is 2.09. The predicted molar refractivity (Wildman–Crippen MR) is 134 cm³/mol. The van der Waals surface area contributed by atoms with Crippen LogP contribution in [0.3, 0.4) is 0 Å².